The molecule has 5 N–H and O–H groups in total. The molecule has 3 amide bonds. The number of piperidine rings is 1. The van der Waals surface area contributed by atoms with E-state index in [1.165, 1.54) is 11.3 Å². The van der Waals surface area contributed by atoms with E-state index in [4.69, 9.17) is 11.0 Å². The van der Waals surface area contributed by atoms with E-state index in [-0.39, 0.29) is 11.9 Å². The van der Waals surface area contributed by atoms with Gasteiger partial charge in [0.15, 0.2) is 0 Å². The zero-order valence-corrected chi connectivity index (χ0v) is 14.9. The molecule has 1 saturated heterocycles. The topological polar surface area (TPSA) is 120 Å². The van der Waals surface area contributed by atoms with Gasteiger partial charge in [-0.1, -0.05) is 12.1 Å². The number of nitrogens with zero attached hydrogens (tertiary/aromatic N) is 1. The fourth-order valence-corrected chi connectivity index (χ4v) is 3.94. The Morgan fingerprint density at radius 3 is 2.88 bits per heavy atom. The SMILES string of the molecule is N#Cc1cccc(-c2cc(C(=O)N[C@H]3CCCNC3)c(NC(N)=O)s2)c1. The molecule has 0 spiro atoms. The first-order valence-electron chi connectivity index (χ1n) is 8.29. The van der Waals surface area contributed by atoms with Crippen LogP contribution in [0.2, 0.25) is 0 Å². The number of anilines is 1. The lowest BCUT2D eigenvalue weighted by molar-refractivity contribution is 0.0932. The third kappa shape index (κ3) is 4.20. The van der Waals surface area contributed by atoms with E-state index < -0.39 is 6.03 Å². The van der Waals surface area contributed by atoms with Gasteiger partial charge in [0.1, 0.15) is 5.00 Å². The van der Waals surface area contributed by atoms with Crippen LogP contribution in [-0.4, -0.2) is 31.1 Å². The lowest BCUT2D eigenvalue weighted by atomic mass is 10.1. The number of amides is 3. The van der Waals surface area contributed by atoms with E-state index in [0.29, 0.717) is 16.1 Å². The summed E-state index contributed by atoms with van der Waals surface area (Å²) in [5.41, 5.74) is 6.95. The van der Waals surface area contributed by atoms with E-state index in [1.54, 1.807) is 24.3 Å². The number of urea groups is 1. The molecule has 1 atom stereocenters. The number of primary amides is 1. The second-order valence-electron chi connectivity index (χ2n) is 6.05. The van der Waals surface area contributed by atoms with Gasteiger partial charge in [0.25, 0.3) is 5.91 Å². The van der Waals surface area contributed by atoms with Crippen LogP contribution in [0.1, 0.15) is 28.8 Å². The molecule has 134 valence electrons. The predicted molar refractivity (Wildman–Crippen MR) is 101 cm³/mol. The molecule has 1 aromatic carbocycles. The van der Waals surface area contributed by atoms with Gasteiger partial charge in [0.2, 0.25) is 0 Å². The van der Waals surface area contributed by atoms with E-state index in [0.717, 1.165) is 36.4 Å². The van der Waals surface area contributed by atoms with Gasteiger partial charge < -0.3 is 16.4 Å². The summed E-state index contributed by atoms with van der Waals surface area (Å²) >= 11 is 1.25. The molecule has 0 aliphatic carbocycles. The van der Waals surface area contributed by atoms with Gasteiger partial charge in [-0.2, -0.15) is 5.26 Å². The average Bonchev–Trinajstić information content (AvgIpc) is 3.06. The van der Waals surface area contributed by atoms with Gasteiger partial charge in [0, 0.05) is 17.5 Å². The van der Waals surface area contributed by atoms with Crippen LogP contribution >= 0.6 is 11.3 Å². The fraction of sp³-hybridized carbons (Fsp3) is 0.278. The van der Waals surface area contributed by atoms with Crippen molar-refractivity contribution in [2.24, 2.45) is 5.73 Å². The van der Waals surface area contributed by atoms with Gasteiger partial charge in [-0.05, 0) is 43.1 Å². The Morgan fingerprint density at radius 2 is 2.19 bits per heavy atom. The molecule has 7 nitrogen and oxygen atoms in total. The Hall–Kier alpha value is -2.89. The van der Waals surface area contributed by atoms with E-state index in [1.807, 2.05) is 6.07 Å². The van der Waals surface area contributed by atoms with Crippen molar-refractivity contribution in [1.29, 1.82) is 5.26 Å². The van der Waals surface area contributed by atoms with Crippen molar-refractivity contribution < 1.29 is 9.59 Å². The molecule has 1 fully saturated rings. The summed E-state index contributed by atoms with van der Waals surface area (Å²) in [5.74, 6) is -0.249. The van der Waals surface area contributed by atoms with Gasteiger partial charge in [0.05, 0.1) is 17.2 Å². The highest BCUT2D eigenvalue weighted by Gasteiger charge is 2.22. The second kappa shape index (κ2) is 7.99. The quantitative estimate of drug-likeness (QED) is 0.660. The van der Waals surface area contributed by atoms with Crippen molar-refractivity contribution in [3.05, 3.63) is 41.5 Å². The summed E-state index contributed by atoms with van der Waals surface area (Å²) in [5, 5.41) is 18.2. The van der Waals surface area contributed by atoms with Crippen LogP contribution in [0.3, 0.4) is 0 Å². The Labute approximate surface area is 155 Å². The lowest BCUT2D eigenvalue weighted by Crippen LogP contribution is -2.45. The van der Waals surface area contributed by atoms with E-state index in [2.05, 4.69) is 22.0 Å². The molecule has 1 aliphatic heterocycles. The first-order chi connectivity index (χ1) is 12.6. The summed E-state index contributed by atoms with van der Waals surface area (Å²) in [6, 6.07) is 10.2. The summed E-state index contributed by atoms with van der Waals surface area (Å²) in [6.07, 6.45) is 1.92. The molecular formula is C18H19N5O2S. The van der Waals surface area contributed by atoms with E-state index in [9.17, 15) is 9.59 Å². The Kier molecular flexibility index (Phi) is 5.51. The normalized spacial score (nSPS) is 16.5. The van der Waals surface area contributed by atoms with Crippen molar-refractivity contribution in [2.75, 3.05) is 18.4 Å². The van der Waals surface area contributed by atoms with Crippen LogP contribution < -0.4 is 21.7 Å². The number of carbonyl (C=O) groups is 2. The minimum atomic E-state index is -0.724. The zero-order valence-electron chi connectivity index (χ0n) is 14.0. The maximum atomic E-state index is 12.7. The molecule has 26 heavy (non-hydrogen) atoms. The molecule has 1 aliphatic rings. The second-order valence-corrected chi connectivity index (χ2v) is 7.10. The standard InChI is InChI=1S/C18H19N5O2S/c19-9-11-3-1-4-12(7-11)15-8-14(17(26-15)23-18(20)25)16(24)22-13-5-2-6-21-10-13/h1,3-4,7-8,13,21H,2,5-6,10H2,(H,22,24)(H3,20,23,25)/t13-/m0/s1. The predicted octanol–water partition coefficient (Wildman–Crippen LogP) is 2.26. The van der Waals surface area contributed by atoms with Crippen LogP contribution in [0.5, 0.6) is 0 Å². The fourth-order valence-electron chi connectivity index (χ4n) is 2.89. The summed E-state index contributed by atoms with van der Waals surface area (Å²) in [7, 11) is 0. The number of rotatable bonds is 4. The Bertz CT molecular complexity index is 865. The maximum Gasteiger partial charge on any atom is 0.317 e. The third-order valence-electron chi connectivity index (χ3n) is 4.12. The number of nitrogens with one attached hydrogen (secondary N) is 3. The largest absolute Gasteiger partial charge is 0.351 e. The Morgan fingerprint density at radius 1 is 1.35 bits per heavy atom. The van der Waals surface area contributed by atoms with Crippen molar-refractivity contribution in [2.45, 2.75) is 18.9 Å². The highest BCUT2D eigenvalue weighted by molar-refractivity contribution is 7.20. The molecule has 2 heterocycles. The number of carbonyl (C=O) groups excluding carboxylic acids is 2. The van der Waals surface area contributed by atoms with Crippen molar-refractivity contribution in [3.63, 3.8) is 0 Å². The monoisotopic (exact) mass is 369 g/mol. The van der Waals surface area contributed by atoms with E-state index >= 15 is 0 Å². The summed E-state index contributed by atoms with van der Waals surface area (Å²) in [6.45, 7) is 1.68. The minimum Gasteiger partial charge on any atom is -0.351 e. The minimum absolute atomic E-state index is 0.0583. The van der Waals surface area contributed by atoms with Crippen LogP contribution in [0, 0.1) is 11.3 Å². The molecule has 0 radical (unpaired) electrons. The first-order valence-corrected chi connectivity index (χ1v) is 9.11. The first kappa shape index (κ1) is 17.9. The van der Waals surface area contributed by atoms with Crippen LogP contribution in [0.15, 0.2) is 30.3 Å². The average molecular weight is 369 g/mol. The molecule has 2 aromatic rings. The zero-order chi connectivity index (χ0) is 18.5. The Balaban J connectivity index is 1.89. The third-order valence-corrected chi connectivity index (χ3v) is 5.22. The van der Waals surface area contributed by atoms with Crippen LogP contribution in [0.25, 0.3) is 10.4 Å². The molecule has 1 aromatic heterocycles. The van der Waals surface area contributed by atoms with Crippen LogP contribution in [0.4, 0.5) is 9.80 Å². The molecule has 3 rings (SSSR count). The van der Waals surface area contributed by atoms with Crippen LogP contribution in [-0.2, 0) is 0 Å². The van der Waals surface area contributed by atoms with Crippen molar-refractivity contribution >= 4 is 28.3 Å². The van der Waals surface area contributed by atoms with Crippen molar-refractivity contribution in [3.8, 4) is 16.5 Å². The number of thiophene rings is 1. The van der Waals surface area contributed by atoms with Crippen molar-refractivity contribution in [1.82, 2.24) is 10.6 Å². The highest BCUT2D eigenvalue weighted by Crippen LogP contribution is 2.35. The molecular weight excluding hydrogens is 350 g/mol. The summed E-state index contributed by atoms with van der Waals surface area (Å²) in [4.78, 5) is 24.8. The number of nitrogens with two attached hydrogens (primary N) is 1. The molecule has 8 heteroatoms. The number of nitriles is 1. The molecule has 0 unspecified atom stereocenters. The molecule has 0 saturated carbocycles. The lowest BCUT2D eigenvalue weighted by Gasteiger charge is -2.23. The smallest absolute Gasteiger partial charge is 0.317 e. The number of benzene rings is 1. The van der Waals surface area contributed by atoms with Gasteiger partial charge in [-0.15, -0.1) is 11.3 Å². The number of hydrogen-bond acceptors (Lipinski definition) is 5. The maximum absolute atomic E-state index is 12.7. The summed E-state index contributed by atoms with van der Waals surface area (Å²) < 4.78 is 0. The highest BCUT2D eigenvalue weighted by atomic mass is 32.1. The molecule has 0 bridgehead atoms. The number of hydrogen-bond donors (Lipinski definition) is 4. The van der Waals surface area contributed by atoms with Gasteiger partial charge in [-0.25, -0.2) is 4.79 Å². The van der Waals surface area contributed by atoms with Gasteiger partial charge in [-0.3, -0.25) is 10.1 Å². The van der Waals surface area contributed by atoms with Gasteiger partial charge >= 0.3 is 6.03 Å².